The fraction of sp³-hybridized carbons (Fsp3) is 0. The van der Waals surface area contributed by atoms with Crippen LogP contribution in [0, 0.1) is 10.1 Å². The molecule has 0 saturated heterocycles. The number of nitrogens with zero attached hydrogens (tertiary/aromatic N) is 3. The van der Waals surface area contributed by atoms with E-state index in [4.69, 9.17) is 27.9 Å². The van der Waals surface area contributed by atoms with Crippen LogP contribution in [0.3, 0.4) is 0 Å². The molecule has 0 aliphatic rings. The molecule has 0 atom stereocenters. The first-order valence-electron chi connectivity index (χ1n) is 4.64. The summed E-state index contributed by atoms with van der Waals surface area (Å²) in [5, 5.41) is 11.3. The zero-order valence-corrected chi connectivity index (χ0v) is 10.2. The molecule has 0 aliphatic carbocycles. The summed E-state index contributed by atoms with van der Waals surface area (Å²) >= 11 is 11.4. The molecule has 0 spiro atoms. The zero-order chi connectivity index (χ0) is 13.1. The van der Waals surface area contributed by atoms with Gasteiger partial charge in [0, 0.05) is 18.3 Å². The Kier molecular flexibility index (Phi) is 3.59. The number of aromatic nitrogens is 2. The van der Waals surface area contributed by atoms with Gasteiger partial charge in [0.1, 0.15) is 5.75 Å². The van der Waals surface area contributed by atoms with E-state index in [1.807, 2.05) is 0 Å². The Balaban J connectivity index is 2.37. The van der Waals surface area contributed by atoms with Gasteiger partial charge >= 0.3 is 5.69 Å². The molecular weight excluding hydrogens is 281 g/mol. The van der Waals surface area contributed by atoms with E-state index in [9.17, 15) is 10.1 Å². The number of pyridine rings is 2. The molecule has 18 heavy (non-hydrogen) atoms. The van der Waals surface area contributed by atoms with Crippen molar-refractivity contribution in [3.8, 4) is 11.6 Å². The van der Waals surface area contributed by atoms with Gasteiger partial charge in [-0.05, 0) is 0 Å². The second-order valence-corrected chi connectivity index (χ2v) is 4.05. The summed E-state index contributed by atoms with van der Waals surface area (Å²) in [5.41, 5.74) is -0.331. The summed E-state index contributed by atoms with van der Waals surface area (Å²) in [5.74, 6) is 0.0777. The van der Waals surface area contributed by atoms with Gasteiger partial charge in [0.15, 0.2) is 0 Å². The SMILES string of the molecule is O=[N+]([O-])c1cc(Cl)cnc1Oc1cncc(Cl)c1. The molecule has 0 saturated carbocycles. The third-order valence-corrected chi connectivity index (χ3v) is 2.30. The molecule has 2 heterocycles. The van der Waals surface area contributed by atoms with Crippen molar-refractivity contribution in [2.75, 3.05) is 0 Å². The summed E-state index contributed by atoms with van der Waals surface area (Å²) in [6.07, 6.45) is 4.03. The van der Waals surface area contributed by atoms with Crippen molar-refractivity contribution in [2.24, 2.45) is 0 Å². The van der Waals surface area contributed by atoms with Crippen LogP contribution in [0.5, 0.6) is 11.6 Å². The lowest BCUT2D eigenvalue weighted by atomic mass is 10.4. The molecule has 8 heteroatoms. The Morgan fingerprint density at radius 3 is 2.56 bits per heavy atom. The van der Waals surface area contributed by atoms with Crippen LogP contribution < -0.4 is 4.74 Å². The molecule has 92 valence electrons. The highest BCUT2D eigenvalue weighted by atomic mass is 35.5. The maximum absolute atomic E-state index is 10.8. The molecular formula is C10H5Cl2N3O3. The van der Waals surface area contributed by atoms with Gasteiger partial charge in [0.05, 0.1) is 27.4 Å². The Morgan fingerprint density at radius 2 is 1.89 bits per heavy atom. The van der Waals surface area contributed by atoms with Gasteiger partial charge in [-0.1, -0.05) is 23.2 Å². The van der Waals surface area contributed by atoms with Crippen LogP contribution >= 0.6 is 23.2 Å². The number of hydrogen-bond donors (Lipinski definition) is 0. The van der Waals surface area contributed by atoms with Crippen LogP contribution in [-0.2, 0) is 0 Å². The predicted octanol–water partition coefficient (Wildman–Crippen LogP) is 3.48. The molecule has 0 aromatic carbocycles. The number of ether oxygens (including phenoxy) is 1. The van der Waals surface area contributed by atoms with Crippen LogP contribution in [0.25, 0.3) is 0 Å². The molecule has 0 bridgehead atoms. The molecule has 6 nitrogen and oxygen atoms in total. The van der Waals surface area contributed by atoms with E-state index < -0.39 is 4.92 Å². The Morgan fingerprint density at radius 1 is 1.17 bits per heavy atom. The largest absolute Gasteiger partial charge is 0.432 e. The second-order valence-electron chi connectivity index (χ2n) is 3.18. The van der Waals surface area contributed by atoms with Gasteiger partial charge in [-0.2, -0.15) is 0 Å². The number of nitro groups is 1. The molecule has 2 rings (SSSR count). The summed E-state index contributed by atoms with van der Waals surface area (Å²) < 4.78 is 5.25. The van der Waals surface area contributed by atoms with Crippen LogP contribution in [0.1, 0.15) is 0 Å². The smallest absolute Gasteiger partial charge is 0.332 e. The van der Waals surface area contributed by atoms with E-state index in [-0.39, 0.29) is 22.3 Å². The second kappa shape index (κ2) is 5.16. The number of halogens is 2. The fourth-order valence-corrected chi connectivity index (χ4v) is 1.50. The van der Waals surface area contributed by atoms with Crippen molar-refractivity contribution < 1.29 is 9.66 Å². The standard InChI is InChI=1S/C10H5Cl2N3O3/c11-6-1-8(5-13-3-6)18-10-9(15(16)17)2-7(12)4-14-10/h1-5H. The van der Waals surface area contributed by atoms with E-state index in [1.54, 1.807) is 0 Å². The predicted molar refractivity (Wildman–Crippen MR) is 65.2 cm³/mol. The van der Waals surface area contributed by atoms with Crippen LogP contribution in [-0.4, -0.2) is 14.9 Å². The summed E-state index contributed by atoms with van der Waals surface area (Å²) in [7, 11) is 0. The summed E-state index contributed by atoms with van der Waals surface area (Å²) in [6, 6.07) is 2.62. The Labute approximate surface area is 111 Å². The van der Waals surface area contributed by atoms with Gasteiger partial charge in [0.2, 0.25) is 0 Å². The molecule has 2 aromatic heterocycles. The van der Waals surface area contributed by atoms with Crippen molar-refractivity contribution in [1.29, 1.82) is 0 Å². The molecule has 0 aliphatic heterocycles. The molecule has 0 fully saturated rings. The third-order valence-electron chi connectivity index (χ3n) is 1.89. The lowest BCUT2D eigenvalue weighted by molar-refractivity contribution is -0.386. The van der Waals surface area contributed by atoms with Gasteiger partial charge in [-0.3, -0.25) is 15.1 Å². The summed E-state index contributed by atoms with van der Waals surface area (Å²) in [6.45, 7) is 0. The Hall–Kier alpha value is -1.92. The highest BCUT2D eigenvalue weighted by Crippen LogP contribution is 2.31. The fourth-order valence-electron chi connectivity index (χ4n) is 1.19. The van der Waals surface area contributed by atoms with Crippen LogP contribution in [0.2, 0.25) is 10.0 Å². The minimum absolute atomic E-state index is 0.151. The zero-order valence-electron chi connectivity index (χ0n) is 8.71. The van der Waals surface area contributed by atoms with Crippen molar-refractivity contribution in [3.05, 3.63) is 50.9 Å². The third kappa shape index (κ3) is 2.85. The quantitative estimate of drug-likeness (QED) is 0.637. The lowest BCUT2D eigenvalue weighted by Gasteiger charge is -2.04. The first-order chi connectivity index (χ1) is 8.56. The summed E-state index contributed by atoms with van der Waals surface area (Å²) in [4.78, 5) is 17.7. The molecule has 0 amide bonds. The van der Waals surface area contributed by atoms with Crippen molar-refractivity contribution in [3.63, 3.8) is 0 Å². The molecule has 2 aromatic rings. The Bertz CT molecular complexity index is 607. The maximum Gasteiger partial charge on any atom is 0.332 e. The highest BCUT2D eigenvalue weighted by Gasteiger charge is 2.18. The minimum atomic E-state index is -0.633. The van der Waals surface area contributed by atoms with Crippen LogP contribution in [0.15, 0.2) is 30.7 Å². The van der Waals surface area contributed by atoms with E-state index in [0.717, 1.165) is 6.07 Å². The normalized spacial score (nSPS) is 10.1. The average Bonchev–Trinajstić information content (AvgIpc) is 2.31. The highest BCUT2D eigenvalue weighted by molar-refractivity contribution is 6.30. The molecule has 0 radical (unpaired) electrons. The molecule has 0 N–H and O–H groups in total. The van der Waals surface area contributed by atoms with Crippen molar-refractivity contribution in [2.45, 2.75) is 0 Å². The molecule has 0 unspecified atom stereocenters. The van der Waals surface area contributed by atoms with E-state index >= 15 is 0 Å². The van der Waals surface area contributed by atoms with Gasteiger partial charge in [-0.25, -0.2) is 4.98 Å². The van der Waals surface area contributed by atoms with E-state index in [1.165, 1.54) is 24.7 Å². The average molecular weight is 286 g/mol. The maximum atomic E-state index is 10.8. The first kappa shape index (κ1) is 12.5. The minimum Gasteiger partial charge on any atom is -0.432 e. The topological polar surface area (TPSA) is 78.2 Å². The van der Waals surface area contributed by atoms with Crippen LogP contribution in [0.4, 0.5) is 5.69 Å². The van der Waals surface area contributed by atoms with E-state index in [2.05, 4.69) is 9.97 Å². The van der Waals surface area contributed by atoms with Gasteiger partial charge in [0.25, 0.3) is 5.88 Å². The lowest BCUT2D eigenvalue weighted by Crippen LogP contribution is -1.96. The van der Waals surface area contributed by atoms with E-state index in [0.29, 0.717) is 5.02 Å². The van der Waals surface area contributed by atoms with Gasteiger partial charge < -0.3 is 4.74 Å². The number of hydrogen-bond acceptors (Lipinski definition) is 5. The first-order valence-corrected chi connectivity index (χ1v) is 5.40. The van der Waals surface area contributed by atoms with Gasteiger partial charge in [-0.15, -0.1) is 0 Å². The van der Waals surface area contributed by atoms with Crippen molar-refractivity contribution >= 4 is 28.9 Å². The monoisotopic (exact) mass is 285 g/mol. The number of rotatable bonds is 3. The van der Waals surface area contributed by atoms with Crippen molar-refractivity contribution in [1.82, 2.24) is 9.97 Å².